The third kappa shape index (κ3) is 3.43. The molecule has 0 radical (unpaired) electrons. The van der Waals surface area contributed by atoms with Crippen molar-refractivity contribution in [1.29, 1.82) is 10.5 Å². The first kappa shape index (κ1) is 13.3. The summed E-state index contributed by atoms with van der Waals surface area (Å²) in [6.07, 6.45) is 1.95. The lowest BCUT2D eigenvalue weighted by molar-refractivity contribution is 0.242. The van der Waals surface area contributed by atoms with Crippen molar-refractivity contribution in [2.24, 2.45) is 0 Å². The molecule has 0 aliphatic carbocycles. The summed E-state index contributed by atoms with van der Waals surface area (Å²) in [5.41, 5.74) is 1.49. The van der Waals surface area contributed by atoms with Crippen LogP contribution in [0.1, 0.15) is 24.1 Å². The Hall–Kier alpha value is -2.11. The predicted octanol–water partition coefficient (Wildman–Crippen LogP) is 1.66. The number of likely N-dealkylation sites (tertiary alicyclic amines) is 1. The maximum Gasteiger partial charge on any atom is 0.144 e. The molecule has 0 bridgehead atoms. The lowest BCUT2D eigenvalue weighted by Gasteiger charge is -2.31. The van der Waals surface area contributed by atoms with Gasteiger partial charge in [0.25, 0.3) is 0 Å². The van der Waals surface area contributed by atoms with Gasteiger partial charge in [0.15, 0.2) is 0 Å². The van der Waals surface area contributed by atoms with E-state index in [-0.39, 0.29) is 0 Å². The number of nitrogens with one attached hydrogen (secondary N) is 1. The molecular weight excluding hydrogens is 238 g/mol. The fraction of sp³-hybridized carbons (Fsp3) is 0.500. The molecule has 0 atom stereocenters. The second-order valence-electron chi connectivity index (χ2n) is 4.81. The van der Waals surface area contributed by atoms with Gasteiger partial charge in [0.1, 0.15) is 11.9 Å². The van der Waals surface area contributed by atoms with E-state index in [2.05, 4.69) is 27.3 Å². The van der Waals surface area contributed by atoms with Crippen molar-refractivity contribution in [3.63, 3.8) is 0 Å². The normalized spacial score (nSPS) is 16.6. The molecule has 98 valence electrons. The second-order valence-corrected chi connectivity index (χ2v) is 4.81. The Balaban J connectivity index is 1.98. The Morgan fingerprint density at radius 1 is 1.37 bits per heavy atom. The number of hydrogen-bond donors (Lipinski definition) is 1. The van der Waals surface area contributed by atoms with E-state index >= 15 is 0 Å². The van der Waals surface area contributed by atoms with Crippen LogP contribution in [0, 0.1) is 29.6 Å². The molecule has 1 aliphatic rings. The number of hydrogen-bond acceptors (Lipinski definition) is 5. The molecule has 5 nitrogen and oxygen atoms in total. The number of rotatable bonds is 3. The highest BCUT2D eigenvalue weighted by Crippen LogP contribution is 2.18. The minimum Gasteiger partial charge on any atom is -0.366 e. The number of pyridine rings is 1. The van der Waals surface area contributed by atoms with Gasteiger partial charge in [-0.2, -0.15) is 10.5 Å². The molecule has 1 fully saturated rings. The summed E-state index contributed by atoms with van der Waals surface area (Å²) >= 11 is 0. The summed E-state index contributed by atoms with van der Waals surface area (Å²) in [6.45, 7) is 4.25. The molecule has 2 heterocycles. The summed E-state index contributed by atoms with van der Waals surface area (Å²) in [6, 6.07) is 8.32. The van der Waals surface area contributed by atoms with Gasteiger partial charge < -0.3 is 5.32 Å². The minimum absolute atomic E-state index is 0.330. The van der Waals surface area contributed by atoms with E-state index in [4.69, 9.17) is 10.5 Å². The third-order valence-electron chi connectivity index (χ3n) is 3.38. The fourth-order valence-electron chi connectivity index (χ4n) is 2.29. The largest absolute Gasteiger partial charge is 0.366 e. The molecule has 0 aromatic carbocycles. The van der Waals surface area contributed by atoms with Crippen molar-refractivity contribution in [2.75, 3.05) is 25.0 Å². The van der Waals surface area contributed by atoms with Crippen molar-refractivity contribution in [3.05, 3.63) is 23.4 Å². The van der Waals surface area contributed by atoms with Gasteiger partial charge >= 0.3 is 0 Å². The number of nitrogens with zero attached hydrogens (tertiary/aromatic N) is 4. The van der Waals surface area contributed by atoms with E-state index < -0.39 is 0 Å². The molecule has 1 N–H and O–H groups in total. The second kappa shape index (κ2) is 6.17. The number of nitriles is 2. The van der Waals surface area contributed by atoms with Gasteiger partial charge in [-0.3, -0.25) is 4.90 Å². The van der Waals surface area contributed by atoms with Crippen LogP contribution in [0.5, 0.6) is 0 Å². The summed E-state index contributed by atoms with van der Waals surface area (Å²) in [5.74, 6) is 0.682. The van der Waals surface area contributed by atoms with Crippen LogP contribution in [-0.2, 0) is 0 Å². The Kier molecular flexibility index (Phi) is 4.33. The van der Waals surface area contributed by atoms with E-state index in [1.165, 1.54) is 0 Å². The highest BCUT2D eigenvalue weighted by molar-refractivity contribution is 5.52. The topological polar surface area (TPSA) is 75.7 Å². The van der Waals surface area contributed by atoms with Gasteiger partial charge in [-0.15, -0.1) is 0 Å². The van der Waals surface area contributed by atoms with Gasteiger partial charge in [-0.05, 0) is 31.9 Å². The van der Waals surface area contributed by atoms with Gasteiger partial charge in [0.05, 0.1) is 18.2 Å². The predicted molar refractivity (Wildman–Crippen MR) is 72.4 cm³/mol. The minimum atomic E-state index is 0.330. The van der Waals surface area contributed by atoms with E-state index in [1.807, 2.05) is 13.0 Å². The van der Waals surface area contributed by atoms with Crippen LogP contribution in [-0.4, -0.2) is 35.6 Å². The SMILES string of the molecule is Cc1ccc(C#N)c(NC2CCN(CC#N)CC2)n1. The summed E-state index contributed by atoms with van der Waals surface area (Å²) < 4.78 is 0. The average Bonchev–Trinajstić information content (AvgIpc) is 2.42. The van der Waals surface area contributed by atoms with E-state index in [9.17, 15) is 0 Å². The monoisotopic (exact) mass is 255 g/mol. The van der Waals surface area contributed by atoms with Gasteiger partial charge in [0, 0.05) is 24.8 Å². The molecule has 0 amide bonds. The van der Waals surface area contributed by atoms with Crippen molar-refractivity contribution in [2.45, 2.75) is 25.8 Å². The Labute approximate surface area is 113 Å². The Bertz CT molecular complexity index is 518. The molecule has 1 saturated heterocycles. The van der Waals surface area contributed by atoms with Crippen LogP contribution < -0.4 is 5.32 Å². The first-order valence-corrected chi connectivity index (χ1v) is 6.46. The standard InChI is InChI=1S/C14H17N5/c1-11-2-3-12(10-16)14(17-11)18-13-4-7-19(8-5-13)9-6-15/h2-3,13H,4-5,7-9H2,1H3,(H,17,18). The summed E-state index contributed by atoms with van der Waals surface area (Å²) in [5, 5.41) is 21.1. The van der Waals surface area contributed by atoms with Crippen LogP contribution in [0.4, 0.5) is 5.82 Å². The highest BCUT2D eigenvalue weighted by atomic mass is 15.1. The summed E-state index contributed by atoms with van der Waals surface area (Å²) in [4.78, 5) is 6.54. The zero-order valence-electron chi connectivity index (χ0n) is 11.1. The van der Waals surface area contributed by atoms with E-state index in [0.717, 1.165) is 31.6 Å². The van der Waals surface area contributed by atoms with Crippen LogP contribution in [0.15, 0.2) is 12.1 Å². The highest BCUT2D eigenvalue weighted by Gasteiger charge is 2.19. The lowest BCUT2D eigenvalue weighted by Crippen LogP contribution is -2.39. The van der Waals surface area contributed by atoms with Gasteiger partial charge in [0.2, 0.25) is 0 Å². The molecule has 0 saturated carbocycles. The van der Waals surface area contributed by atoms with Crippen molar-refractivity contribution < 1.29 is 0 Å². The van der Waals surface area contributed by atoms with Crippen LogP contribution >= 0.6 is 0 Å². The van der Waals surface area contributed by atoms with Gasteiger partial charge in [-0.1, -0.05) is 0 Å². The Morgan fingerprint density at radius 2 is 2.11 bits per heavy atom. The van der Waals surface area contributed by atoms with E-state index in [0.29, 0.717) is 24.0 Å². The fourth-order valence-corrected chi connectivity index (χ4v) is 2.29. The molecule has 1 aromatic rings. The van der Waals surface area contributed by atoms with Crippen molar-refractivity contribution in [3.8, 4) is 12.1 Å². The van der Waals surface area contributed by atoms with E-state index in [1.54, 1.807) is 6.07 Å². The van der Waals surface area contributed by atoms with Crippen LogP contribution in [0.2, 0.25) is 0 Å². The zero-order chi connectivity index (χ0) is 13.7. The first-order valence-electron chi connectivity index (χ1n) is 6.46. The van der Waals surface area contributed by atoms with Gasteiger partial charge in [-0.25, -0.2) is 4.98 Å². The molecule has 0 unspecified atom stereocenters. The quantitative estimate of drug-likeness (QED) is 0.831. The molecular formula is C14H17N5. The summed E-state index contributed by atoms with van der Waals surface area (Å²) in [7, 11) is 0. The Morgan fingerprint density at radius 3 is 2.74 bits per heavy atom. The molecule has 1 aliphatic heterocycles. The molecule has 1 aromatic heterocycles. The maximum absolute atomic E-state index is 9.08. The van der Waals surface area contributed by atoms with Crippen LogP contribution in [0.25, 0.3) is 0 Å². The molecule has 19 heavy (non-hydrogen) atoms. The number of aryl methyl sites for hydroxylation is 1. The average molecular weight is 255 g/mol. The van der Waals surface area contributed by atoms with Crippen molar-refractivity contribution >= 4 is 5.82 Å². The third-order valence-corrected chi connectivity index (χ3v) is 3.38. The maximum atomic E-state index is 9.08. The molecule has 0 spiro atoms. The number of aromatic nitrogens is 1. The number of anilines is 1. The smallest absolute Gasteiger partial charge is 0.144 e. The van der Waals surface area contributed by atoms with Crippen LogP contribution in [0.3, 0.4) is 0 Å². The zero-order valence-corrected chi connectivity index (χ0v) is 11.1. The number of piperidine rings is 1. The molecule has 5 heteroatoms. The molecule has 2 rings (SSSR count). The van der Waals surface area contributed by atoms with Crippen molar-refractivity contribution in [1.82, 2.24) is 9.88 Å². The first-order chi connectivity index (χ1) is 9.22. The lowest BCUT2D eigenvalue weighted by atomic mass is 10.0.